The lowest BCUT2D eigenvalue weighted by atomic mass is 9.70. The van der Waals surface area contributed by atoms with Gasteiger partial charge in [0.05, 0.1) is 11.1 Å². The smallest absolute Gasteiger partial charge is 0.0725 e. The Morgan fingerprint density at radius 3 is 1.69 bits per heavy atom. The van der Waals surface area contributed by atoms with Crippen LogP contribution < -0.4 is 0 Å². The van der Waals surface area contributed by atoms with E-state index in [2.05, 4.69) is 183 Å². The van der Waals surface area contributed by atoms with Gasteiger partial charge in [0.15, 0.2) is 0 Å². The maximum Gasteiger partial charge on any atom is 0.0725 e. The van der Waals surface area contributed by atoms with Gasteiger partial charge in [-0.2, -0.15) is 0 Å². The third kappa shape index (κ3) is 5.02. The van der Waals surface area contributed by atoms with Crippen LogP contribution in [0.15, 0.2) is 187 Å². The Morgan fingerprint density at radius 2 is 1.08 bits per heavy atom. The highest BCUT2D eigenvalue weighted by Crippen LogP contribution is 2.62. The number of hydrogen-bond acceptors (Lipinski definition) is 2. The fraction of sp³-hybridized carbons (Fsp3) is 0.0800. The van der Waals surface area contributed by atoms with Crippen molar-refractivity contribution in [3.8, 4) is 33.4 Å². The van der Waals surface area contributed by atoms with E-state index < -0.39 is 5.41 Å². The molecule has 7 aromatic rings. The summed E-state index contributed by atoms with van der Waals surface area (Å²) in [4.78, 5) is 9.89. The molecule has 2 aliphatic rings. The minimum Gasteiger partial charge on any atom is -0.264 e. The van der Waals surface area contributed by atoms with E-state index in [-0.39, 0.29) is 0 Å². The van der Waals surface area contributed by atoms with Crippen LogP contribution in [-0.2, 0) is 5.41 Å². The molecule has 2 heteroatoms. The molecule has 0 aliphatic heterocycles. The SMILES string of the molecule is CC(C)=C(/C=C(\N=C(/C)c1ccc2c(c1)C1(c3ccccc3-c3ccccc31)c1ccccc1-2)c1cccc(-c2cccnc2)c1)c1ccccc1. The monoisotopic (exact) mass is 666 g/mol. The van der Waals surface area contributed by atoms with Crippen LogP contribution in [0.3, 0.4) is 0 Å². The molecular formula is C50H38N2. The molecular weight excluding hydrogens is 629 g/mol. The fourth-order valence-corrected chi connectivity index (χ4v) is 8.41. The van der Waals surface area contributed by atoms with Gasteiger partial charge in [-0.25, -0.2) is 0 Å². The predicted molar refractivity (Wildman–Crippen MR) is 217 cm³/mol. The molecule has 52 heavy (non-hydrogen) atoms. The number of allylic oxidation sites excluding steroid dienone is 3. The van der Waals surface area contributed by atoms with E-state index in [4.69, 9.17) is 4.99 Å². The largest absolute Gasteiger partial charge is 0.264 e. The zero-order valence-electron chi connectivity index (χ0n) is 29.6. The van der Waals surface area contributed by atoms with Crippen molar-refractivity contribution in [2.24, 2.45) is 4.99 Å². The van der Waals surface area contributed by atoms with Gasteiger partial charge in [0, 0.05) is 29.2 Å². The molecule has 1 aromatic heterocycles. The van der Waals surface area contributed by atoms with Crippen LogP contribution >= 0.6 is 0 Å². The number of rotatable bonds is 6. The molecule has 2 nitrogen and oxygen atoms in total. The normalized spacial score (nSPS) is 13.7. The summed E-state index contributed by atoms with van der Waals surface area (Å²) >= 11 is 0. The minimum atomic E-state index is -0.394. The van der Waals surface area contributed by atoms with E-state index in [9.17, 15) is 0 Å². The summed E-state index contributed by atoms with van der Waals surface area (Å²) in [6, 6.07) is 57.2. The molecule has 0 saturated carbocycles. The molecule has 0 amide bonds. The molecule has 248 valence electrons. The lowest BCUT2D eigenvalue weighted by Crippen LogP contribution is -2.26. The van der Waals surface area contributed by atoms with Gasteiger partial charge in [-0.1, -0.05) is 145 Å². The van der Waals surface area contributed by atoms with Gasteiger partial charge in [-0.3, -0.25) is 9.98 Å². The Labute approximate surface area is 306 Å². The van der Waals surface area contributed by atoms with Gasteiger partial charge in [0.1, 0.15) is 0 Å². The molecule has 1 heterocycles. The molecule has 9 rings (SSSR count). The highest BCUT2D eigenvalue weighted by Gasteiger charge is 2.51. The third-order valence-corrected chi connectivity index (χ3v) is 10.8. The standard InChI is InChI=1S/C50H38N2/c1-33(2)44(35-15-5-4-6-16-35)31-49(38-18-13-17-37(29-38)39-19-14-28-51-32-39)52-34(3)36-26-27-43-42-22-9-12-25-47(42)50(48(43)30-36)45-23-10-7-20-40(45)41-21-8-11-24-46(41)50/h4-32H,1-3H3/b49-31-,52-34+. The van der Waals surface area contributed by atoms with E-state index in [1.807, 2.05) is 18.5 Å². The first-order valence-electron chi connectivity index (χ1n) is 18.0. The number of pyridine rings is 1. The van der Waals surface area contributed by atoms with E-state index in [0.717, 1.165) is 33.7 Å². The summed E-state index contributed by atoms with van der Waals surface area (Å²) in [5.74, 6) is 0. The second-order valence-electron chi connectivity index (χ2n) is 14.0. The Hall–Kier alpha value is -6.38. The Morgan fingerprint density at radius 1 is 0.500 bits per heavy atom. The van der Waals surface area contributed by atoms with E-state index in [0.29, 0.717) is 0 Å². The van der Waals surface area contributed by atoms with Gasteiger partial charge >= 0.3 is 0 Å². The maximum atomic E-state index is 5.51. The number of fused-ring (bicyclic) bond motifs is 10. The summed E-state index contributed by atoms with van der Waals surface area (Å²) in [6.45, 7) is 6.50. The molecule has 6 aromatic carbocycles. The lowest BCUT2D eigenvalue weighted by molar-refractivity contribution is 0.793. The molecule has 0 saturated heterocycles. The van der Waals surface area contributed by atoms with Crippen molar-refractivity contribution in [3.63, 3.8) is 0 Å². The number of aromatic nitrogens is 1. The van der Waals surface area contributed by atoms with Crippen molar-refractivity contribution in [2.45, 2.75) is 26.2 Å². The number of benzene rings is 6. The number of aliphatic imine (C=N–C) groups is 1. The van der Waals surface area contributed by atoms with Crippen LogP contribution in [0.4, 0.5) is 0 Å². The second kappa shape index (κ2) is 12.7. The number of nitrogens with zero attached hydrogens (tertiary/aromatic N) is 2. The highest BCUT2D eigenvalue weighted by atomic mass is 14.8. The van der Waals surface area contributed by atoms with Gasteiger partial charge in [-0.15, -0.1) is 0 Å². The average molecular weight is 667 g/mol. The van der Waals surface area contributed by atoms with Crippen molar-refractivity contribution in [3.05, 3.63) is 221 Å². The summed E-state index contributed by atoms with van der Waals surface area (Å²) in [5, 5.41) is 0. The molecule has 0 fully saturated rings. The average Bonchev–Trinajstić information content (AvgIpc) is 3.67. The molecule has 2 aliphatic carbocycles. The first-order valence-corrected chi connectivity index (χ1v) is 18.0. The summed E-state index contributed by atoms with van der Waals surface area (Å²) in [5.41, 5.74) is 20.0. The molecule has 0 atom stereocenters. The van der Waals surface area contributed by atoms with Crippen molar-refractivity contribution in [2.75, 3.05) is 0 Å². The topological polar surface area (TPSA) is 25.2 Å². The van der Waals surface area contributed by atoms with Crippen LogP contribution in [0.25, 0.3) is 44.7 Å². The summed E-state index contributed by atoms with van der Waals surface area (Å²) in [7, 11) is 0. The summed E-state index contributed by atoms with van der Waals surface area (Å²) in [6.07, 6.45) is 5.99. The zero-order valence-corrected chi connectivity index (χ0v) is 29.6. The van der Waals surface area contributed by atoms with Crippen molar-refractivity contribution in [1.29, 1.82) is 0 Å². The molecule has 0 bridgehead atoms. The Balaban J connectivity index is 1.24. The first-order chi connectivity index (χ1) is 25.5. The Kier molecular flexibility index (Phi) is 7.74. The lowest BCUT2D eigenvalue weighted by Gasteiger charge is -2.30. The van der Waals surface area contributed by atoms with Crippen LogP contribution in [0, 0.1) is 0 Å². The van der Waals surface area contributed by atoms with E-state index in [1.165, 1.54) is 61.2 Å². The molecule has 0 unspecified atom stereocenters. The maximum absolute atomic E-state index is 5.51. The van der Waals surface area contributed by atoms with Gasteiger partial charge in [0.2, 0.25) is 0 Å². The summed E-state index contributed by atoms with van der Waals surface area (Å²) < 4.78 is 0. The second-order valence-corrected chi connectivity index (χ2v) is 14.0. The van der Waals surface area contributed by atoms with E-state index in [1.54, 1.807) is 0 Å². The van der Waals surface area contributed by atoms with Crippen molar-refractivity contribution >= 4 is 17.0 Å². The Bertz CT molecular complexity index is 2520. The van der Waals surface area contributed by atoms with Crippen LogP contribution in [0.5, 0.6) is 0 Å². The van der Waals surface area contributed by atoms with Crippen molar-refractivity contribution in [1.82, 2.24) is 4.98 Å². The van der Waals surface area contributed by atoms with Crippen LogP contribution in [0.2, 0.25) is 0 Å². The highest BCUT2D eigenvalue weighted by molar-refractivity contribution is 6.05. The first kappa shape index (κ1) is 31.6. The van der Waals surface area contributed by atoms with Gasteiger partial charge in [0.25, 0.3) is 0 Å². The third-order valence-electron chi connectivity index (χ3n) is 10.8. The quantitative estimate of drug-likeness (QED) is 0.128. The minimum absolute atomic E-state index is 0.394. The van der Waals surface area contributed by atoms with Gasteiger partial charge < -0.3 is 0 Å². The van der Waals surface area contributed by atoms with Gasteiger partial charge in [-0.05, 0) is 112 Å². The van der Waals surface area contributed by atoms with E-state index >= 15 is 0 Å². The molecule has 0 N–H and O–H groups in total. The van der Waals surface area contributed by atoms with Crippen molar-refractivity contribution < 1.29 is 0 Å². The zero-order chi connectivity index (χ0) is 35.2. The fourth-order valence-electron chi connectivity index (χ4n) is 8.41. The van der Waals surface area contributed by atoms with Crippen LogP contribution in [0.1, 0.15) is 59.7 Å². The molecule has 0 radical (unpaired) electrons. The van der Waals surface area contributed by atoms with Crippen LogP contribution in [-0.4, -0.2) is 10.7 Å². The molecule has 1 spiro atoms. The number of hydrogen-bond donors (Lipinski definition) is 0. The predicted octanol–water partition coefficient (Wildman–Crippen LogP) is 12.4.